The molecule has 1 aromatic rings. The largest absolute Gasteiger partial charge is 0.384 e. The van der Waals surface area contributed by atoms with Crippen LogP contribution in [0.25, 0.3) is 0 Å². The third kappa shape index (κ3) is 3.51. The van der Waals surface area contributed by atoms with Crippen molar-refractivity contribution in [1.82, 2.24) is 9.97 Å². The van der Waals surface area contributed by atoms with Gasteiger partial charge < -0.3 is 10.5 Å². The van der Waals surface area contributed by atoms with E-state index in [-0.39, 0.29) is 11.3 Å². The van der Waals surface area contributed by atoms with Gasteiger partial charge in [-0.2, -0.15) is 0 Å². The molecule has 0 aliphatic carbocycles. The van der Waals surface area contributed by atoms with Crippen molar-refractivity contribution in [3.05, 3.63) is 15.1 Å². The highest BCUT2D eigenvalue weighted by Gasteiger charge is 2.23. The molecule has 0 saturated carbocycles. The lowest BCUT2D eigenvalue weighted by Crippen LogP contribution is -2.21. The van der Waals surface area contributed by atoms with E-state index in [1.165, 1.54) is 0 Å². The minimum Gasteiger partial charge on any atom is -0.384 e. The number of nitrogen functional groups attached to an aromatic ring is 1. The SMILES string of the molecule is COCC(C)c1nc(N)c(I)c(C(C)(C)C)n1. The Labute approximate surface area is 117 Å². The summed E-state index contributed by atoms with van der Waals surface area (Å²) >= 11 is 2.21. The van der Waals surface area contributed by atoms with Gasteiger partial charge in [0.05, 0.1) is 15.9 Å². The second kappa shape index (κ2) is 5.48. The molecule has 0 spiro atoms. The predicted octanol–water partition coefficient (Wildman–Crippen LogP) is 2.71. The molecule has 0 aliphatic heterocycles. The van der Waals surface area contributed by atoms with E-state index in [1.807, 2.05) is 6.92 Å². The first-order chi connectivity index (χ1) is 7.77. The number of hydrogen-bond acceptors (Lipinski definition) is 4. The number of nitrogens with zero attached hydrogens (tertiary/aromatic N) is 2. The molecule has 1 heterocycles. The Balaban J connectivity index is 3.24. The number of ether oxygens (including phenoxy) is 1. The first-order valence-corrected chi connectivity index (χ1v) is 6.67. The van der Waals surface area contributed by atoms with E-state index >= 15 is 0 Å². The van der Waals surface area contributed by atoms with E-state index in [0.29, 0.717) is 12.4 Å². The standard InChI is InChI=1S/C12H20IN3O/c1-7(6-17-5)11-15-9(12(2,3)4)8(13)10(14)16-11/h7H,6H2,1-5H3,(H2,14,15,16). The summed E-state index contributed by atoms with van der Waals surface area (Å²) in [6, 6.07) is 0. The summed E-state index contributed by atoms with van der Waals surface area (Å²) in [5.41, 5.74) is 6.92. The molecule has 2 N–H and O–H groups in total. The lowest BCUT2D eigenvalue weighted by Gasteiger charge is -2.22. The minimum atomic E-state index is -0.0326. The fourth-order valence-corrected chi connectivity index (χ4v) is 2.57. The van der Waals surface area contributed by atoms with Crippen LogP contribution in [0.5, 0.6) is 0 Å². The molecule has 96 valence electrons. The van der Waals surface area contributed by atoms with Crippen molar-refractivity contribution in [2.75, 3.05) is 19.5 Å². The molecular formula is C12H20IN3O. The summed E-state index contributed by atoms with van der Waals surface area (Å²) in [6.45, 7) is 9.02. The second-order valence-electron chi connectivity index (χ2n) is 5.24. The van der Waals surface area contributed by atoms with Crippen LogP contribution in [0.15, 0.2) is 0 Å². The number of halogens is 1. The van der Waals surface area contributed by atoms with Gasteiger partial charge in [-0.05, 0) is 22.6 Å². The van der Waals surface area contributed by atoms with Crippen LogP contribution in [0.3, 0.4) is 0 Å². The van der Waals surface area contributed by atoms with Crippen LogP contribution >= 0.6 is 22.6 Å². The maximum absolute atomic E-state index is 5.95. The Morgan fingerprint density at radius 3 is 2.41 bits per heavy atom. The van der Waals surface area contributed by atoms with Crippen molar-refractivity contribution in [2.24, 2.45) is 0 Å². The number of rotatable bonds is 3. The third-order valence-corrected chi connectivity index (χ3v) is 3.53. The average Bonchev–Trinajstić information content (AvgIpc) is 2.20. The van der Waals surface area contributed by atoms with Gasteiger partial charge in [0.1, 0.15) is 11.6 Å². The summed E-state index contributed by atoms with van der Waals surface area (Å²) in [5, 5.41) is 0. The molecule has 0 bridgehead atoms. The molecule has 0 fully saturated rings. The summed E-state index contributed by atoms with van der Waals surface area (Å²) in [6.07, 6.45) is 0. The Morgan fingerprint density at radius 1 is 1.35 bits per heavy atom. The van der Waals surface area contributed by atoms with Crippen molar-refractivity contribution in [1.29, 1.82) is 0 Å². The maximum Gasteiger partial charge on any atom is 0.140 e. The Morgan fingerprint density at radius 2 is 1.94 bits per heavy atom. The van der Waals surface area contributed by atoms with Crippen molar-refractivity contribution in [3.63, 3.8) is 0 Å². The van der Waals surface area contributed by atoms with Crippen LogP contribution < -0.4 is 5.73 Å². The number of nitrogens with two attached hydrogens (primary N) is 1. The van der Waals surface area contributed by atoms with Crippen LogP contribution in [-0.4, -0.2) is 23.7 Å². The molecule has 1 rings (SSSR count). The van der Waals surface area contributed by atoms with E-state index in [1.54, 1.807) is 7.11 Å². The van der Waals surface area contributed by atoms with Crippen LogP contribution in [0.2, 0.25) is 0 Å². The Kier molecular flexibility index (Phi) is 4.71. The van der Waals surface area contributed by atoms with E-state index < -0.39 is 0 Å². The van der Waals surface area contributed by atoms with Gasteiger partial charge in [-0.25, -0.2) is 9.97 Å². The predicted molar refractivity (Wildman–Crippen MR) is 78.2 cm³/mol. The van der Waals surface area contributed by atoms with Crippen LogP contribution in [0, 0.1) is 3.57 Å². The third-order valence-electron chi connectivity index (χ3n) is 2.46. The Hall–Kier alpha value is -0.430. The maximum atomic E-state index is 5.95. The molecule has 0 amide bonds. The number of aromatic nitrogens is 2. The highest BCUT2D eigenvalue weighted by atomic mass is 127. The lowest BCUT2D eigenvalue weighted by molar-refractivity contribution is 0.181. The first-order valence-electron chi connectivity index (χ1n) is 5.59. The van der Waals surface area contributed by atoms with Crippen LogP contribution in [-0.2, 0) is 10.2 Å². The summed E-state index contributed by atoms with van der Waals surface area (Å²) in [5.74, 6) is 1.47. The zero-order chi connectivity index (χ0) is 13.2. The van der Waals surface area contributed by atoms with E-state index in [0.717, 1.165) is 15.1 Å². The van der Waals surface area contributed by atoms with Gasteiger partial charge in [0.25, 0.3) is 0 Å². The highest BCUT2D eigenvalue weighted by molar-refractivity contribution is 14.1. The van der Waals surface area contributed by atoms with Gasteiger partial charge in [0.15, 0.2) is 0 Å². The van der Waals surface area contributed by atoms with Crippen LogP contribution in [0.1, 0.15) is 45.1 Å². The Bertz CT molecular complexity index is 401. The molecule has 5 heteroatoms. The molecule has 0 aromatic carbocycles. The van der Waals surface area contributed by atoms with Gasteiger partial charge in [0, 0.05) is 18.4 Å². The monoisotopic (exact) mass is 349 g/mol. The van der Waals surface area contributed by atoms with Gasteiger partial charge in [0.2, 0.25) is 0 Å². The lowest BCUT2D eigenvalue weighted by atomic mass is 9.91. The number of hydrogen-bond donors (Lipinski definition) is 1. The van der Waals surface area contributed by atoms with Gasteiger partial charge >= 0.3 is 0 Å². The fourth-order valence-electron chi connectivity index (χ4n) is 1.52. The fraction of sp³-hybridized carbons (Fsp3) is 0.667. The number of methoxy groups -OCH3 is 1. The molecule has 0 saturated heterocycles. The van der Waals surface area contributed by atoms with E-state index in [2.05, 4.69) is 53.3 Å². The molecule has 17 heavy (non-hydrogen) atoms. The number of anilines is 1. The summed E-state index contributed by atoms with van der Waals surface area (Å²) in [4.78, 5) is 8.99. The quantitative estimate of drug-likeness (QED) is 0.853. The average molecular weight is 349 g/mol. The first kappa shape index (κ1) is 14.6. The molecule has 4 nitrogen and oxygen atoms in total. The highest BCUT2D eigenvalue weighted by Crippen LogP contribution is 2.29. The van der Waals surface area contributed by atoms with Crippen molar-refractivity contribution >= 4 is 28.4 Å². The van der Waals surface area contributed by atoms with Gasteiger partial charge in [-0.1, -0.05) is 27.7 Å². The van der Waals surface area contributed by atoms with Crippen molar-refractivity contribution < 1.29 is 4.74 Å². The smallest absolute Gasteiger partial charge is 0.140 e. The van der Waals surface area contributed by atoms with E-state index in [4.69, 9.17) is 10.5 Å². The van der Waals surface area contributed by atoms with Gasteiger partial charge in [-0.3, -0.25) is 0 Å². The summed E-state index contributed by atoms with van der Waals surface area (Å²) in [7, 11) is 1.68. The van der Waals surface area contributed by atoms with Gasteiger partial charge in [-0.15, -0.1) is 0 Å². The van der Waals surface area contributed by atoms with E-state index in [9.17, 15) is 0 Å². The zero-order valence-corrected chi connectivity index (χ0v) is 13.2. The van der Waals surface area contributed by atoms with Crippen LogP contribution in [0.4, 0.5) is 5.82 Å². The molecule has 0 radical (unpaired) electrons. The molecule has 1 unspecified atom stereocenters. The molecular weight excluding hydrogens is 329 g/mol. The summed E-state index contributed by atoms with van der Waals surface area (Å²) < 4.78 is 6.08. The second-order valence-corrected chi connectivity index (χ2v) is 6.31. The zero-order valence-electron chi connectivity index (χ0n) is 11.0. The molecule has 0 aliphatic rings. The molecule has 1 aromatic heterocycles. The topological polar surface area (TPSA) is 61.0 Å². The normalized spacial score (nSPS) is 13.8. The van der Waals surface area contributed by atoms with Crippen molar-refractivity contribution in [3.8, 4) is 0 Å². The van der Waals surface area contributed by atoms with Crippen molar-refractivity contribution in [2.45, 2.75) is 39.0 Å². The molecule has 1 atom stereocenters. The minimum absolute atomic E-state index is 0.0326.